The van der Waals surface area contributed by atoms with E-state index in [1.807, 2.05) is 0 Å². The Morgan fingerprint density at radius 1 is 0.577 bits per heavy atom. The number of carboxylic acids is 1. The molecule has 0 saturated carbocycles. The van der Waals surface area contributed by atoms with E-state index in [0.29, 0.717) is 34.0 Å². The van der Waals surface area contributed by atoms with Crippen molar-refractivity contribution in [1.82, 2.24) is 63.1 Å². The number of benzene rings is 3. The fraction of sp³-hybridized carbons (Fsp3) is 0.435. The molecule has 35 nitrogen and oxygen atoms in total. The number of rotatable bonds is 38. The van der Waals surface area contributed by atoms with Gasteiger partial charge in [0.2, 0.25) is 76.8 Å². The van der Waals surface area contributed by atoms with Crippen LogP contribution in [0, 0.1) is 0 Å². The Bertz CT molecular complexity index is 3490. The summed E-state index contributed by atoms with van der Waals surface area (Å²) in [4.78, 5) is 197. The van der Waals surface area contributed by atoms with E-state index in [9.17, 15) is 77.3 Å². The summed E-state index contributed by atoms with van der Waals surface area (Å²) >= 11 is 0. The van der Waals surface area contributed by atoms with Crippen molar-refractivity contribution in [2.45, 2.75) is 138 Å². The molecule has 1 saturated heterocycles. The van der Waals surface area contributed by atoms with Crippen molar-refractivity contribution in [3.8, 4) is 0 Å². The molecule has 0 radical (unpaired) electrons. The number of primary amides is 2. The largest absolute Gasteiger partial charge is 0.480 e. The average Bonchev–Trinajstić information content (AvgIpc) is 1.75. The van der Waals surface area contributed by atoms with Crippen LogP contribution < -0.4 is 81.8 Å². The Morgan fingerprint density at radius 3 is 1.59 bits per heavy atom. The molecule has 3 aromatic carbocycles. The van der Waals surface area contributed by atoms with Crippen molar-refractivity contribution < 1.29 is 82.4 Å². The molecule has 1 aliphatic heterocycles. The molecule has 1 fully saturated rings. The average molecular weight is 1350 g/mol. The van der Waals surface area contributed by atoms with Crippen molar-refractivity contribution in [1.29, 1.82) is 0 Å². The topological polar surface area (TPSA) is 581 Å². The molecule has 0 bridgehead atoms. The summed E-state index contributed by atoms with van der Waals surface area (Å²) in [6, 6.07) is 7.44. The van der Waals surface area contributed by atoms with Crippen LogP contribution in [0.3, 0.4) is 0 Å². The first-order valence-corrected chi connectivity index (χ1v) is 30.8. The lowest BCUT2D eigenvalue weighted by Crippen LogP contribution is -2.62. The predicted octanol–water partition coefficient (Wildman–Crippen LogP) is -7.09. The Kier molecular flexibility index (Phi) is 29.8. The highest BCUT2D eigenvalue weighted by Gasteiger charge is 2.40. The van der Waals surface area contributed by atoms with Crippen LogP contribution in [0.4, 0.5) is 0 Å². The van der Waals surface area contributed by atoms with E-state index in [0.717, 1.165) is 6.92 Å². The molecule has 5 rings (SSSR count). The molecule has 1 aliphatic rings. The van der Waals surface area contributed by atoms with Crippen molar-refractivity contribution >= 4 is 99.6 Å². The molecule has 0 aliphatic carbocycles. The summed E-state index contributed by atoms with van der Waals surface area (Å²) in [5, 5.41) is 54.5. The monoisotopic (exact) mass is 1350 g/mol. The fourth-order valence-electron chi connectivity index (χ4n) is 10.3. The number of aromatic nitrogens is 1. The van der Waals surface area contributed by atoms with Gasteiger partial charge < -0.3 is 107 Å². The number of nitrogens with zero attached hydrogens (tertiary/aromatic N) is 2. The zero-order valence-electron chi connectivity index (χ0n) is 53.2. The van der Waals surface area contributed by atoms with Gasteiger partial charge in [0.25, 0.3) is 0 Å². The number of aliphatic carboxylic acids is 1. The number of fused-ring (bicyclic) bond motifs is 1. The van der Waals surface area contributed by atoms with Crippen LogP contribution in [-0.2, 0) is 86.4 Å². The summed E-state index contributed by atoms with van der Waals surface area (Å²) < 4.78 is 0. The zero-order valence-corrected chi connectivity index (χ0v) is 53.2. The quantitative estimate of drug-likeness (QED) is 0.0113. The lowest BCUT2D eigenvalue weighted by Gasteiger charge is -2.29. The third-order valence-electron chi connectivity index (χ3n) is 15.2. The number of aromatic amines is 1. The van der Waals surface area contributed by atoms with Crippen LogP contribution in [0.15, 0.2) is 96.1 Å². The van der Waals surface area contributed by atoms with E-state index in [1.54, 1.807) is 91.1 Å². The number of hydrogen-bond acceptors (Lipinski definition) is 18. The molecule has 2 heterocycles. The molecule has 0 unspecified atom stereocenters. The second-order valence-corrected chi connectivity index (χ2v) is 22.9. The second kappa shape index (κ2) is 37.7. The highest BCUT2D eigenvalue weighted by molar-refractivity contribution is 6.01. The number of aliphatic hydroxyl groups is 2. The Morgan fingerprint density at radius 2 is 1.06 bits per heavy atom. The van der Waals surface area contributed by atoms with Crippen LogP contribution in [-0.4, -0.2) is 213 Å². The lowest BCUT2D eigenvalue weighted by atomic mass is 10.0. The summed E-state index contributed by atoms with van der Waals surface area (Å²) in [5.74, 6) is -14.9. The standard InChI is InChI=1S/C62H84N18O17/c1-32(63)61(97)80-22-12-20-46(80)59(95)77-44(27-48(65)84)57(93)73-40(23-34-13-5-3-6-14-34)54(90)75-42(25-36-28-69-38-18-10-9-17-37(36)38)55(91)76-43(26-47(64)83)56(92)74-41(24-35-15-7-4-8-16-35)58(94)79-51(33(2)82)60(96)78-45(31-81)53(89)70-29-49(85)72-39(19-11-21-68-62(66)67)52(88)71-30-50(86)87/h3-10,13-18,28,32-33,39-46,51,69,81-82H,11-12,19-27,29-31,63H2,1-2H3,(H2,64,83)(H2,65,84)(H,70,89)(H,71,88)(H,72,85)(H,73,93)(H,74,92)(H,75,90)(H,76,91)(H,77,95)(H,78,96)(H,79,94)(H,86,87)(H4,66,67,68)/t32-,33+,39-,40-,41-,42-,43-,44-,45-,46-,51-/m0/s1. The first kappa shape index (κ1) is 76.6. The van der Waals surface area contributed by atoms with Gasteiger partial charge in [-0.1, -0.05) is 78.9 Å². The van der Waals surface area contributed by atoms with Crippen molar-refractivity contribution in [2.24, 2.45) is 33.7 Å². The molecular weight excluding hydrogens is 1270 g/mol. The van der Waals surface area contributed by atoms with Gasteiger partial charge >= 0.3 is 5.97 Å². The SMILES string of the molecule is C[C@H](N)C(=O)N1CCC[C@H]1C(=O)N[C@@H](CC(N)=O)C(=O)N[C@@H](Cc1ccccc1)C(=O)N[C@@H](Cc1c[nH]c2ccccc12)C(=O)N[C@@H](CC(N)=O)C(=O)N[C@@H](Cc1ccccc1)C(=O)N[C@H](C(=O)N[C@@H](CO)C(=O)NCC(=O)N[C@@H](CCCN=C(N)N)C(=O)NCC(=O)O)[C@@H](C)O. The molecule has 13 amide bonds. The van der Waals surface area contributed by atoms with E-state index in [2.05, 4.69) is 63.1 Å². The summed E-state index contributed by atoms with van der Waals surface area (Å²) in [5.41, 5.74) is 29.7. The number of para-hydroxylation sites is 1. The summed E-state index contributed by atoms with van der Waals surface area (Å²) in [6.45, 7) is 0.0136. The molecule has 4 aromatic rings. The van der Waals surface area contributed by atoms with E-state index in [-0.39, 0.29) is 57.6 Å². The molecular formula is C62H84N18O17. The molecule has 97 heavy (non-hydrogen) atoms. The predicted molar refractivity (Wildman–Crippen MR) is 346 cm³/mol. The van der Waals surface area contributed by atoms with Gasteiger partial charge in [-0.2, -0.15) is 0 Å². The summed E-state index contributed by atoms with van der Waals surface area (Å²) in [6.07, 6.45) is -2.11. The van der Waals surface area contributed by atoms with Crippen molar-refractivity contribution in [2.75, 3.05) is 32.8 Å². The number of likely N-dealkylation sites (tertiary alicyclic amines) is 1. The zero-order chi connectivity index (χ0) is 71.5. The first-order valence-electron chi connectivity index (χ1n) is 30.8. The molecule has 11 atom stereocenters. The van der Waals surface area contributed by atoms with Gasteiger partial charge in [0.15, 0.2) is 5.96 Å². The van der Waals surface area contributed by atoms with E-state index < -0.39 is 182 Å². The van der Waals surface area contributed by atoms with Crippen LogP contribution in [0.25, 0.3) is 10.9 Å². The number of carbonyl (C=O) groups is 14. The highest BCUT2D eigenvalue weighted by Crippen LogP contribution is 2.21. The minimum absolute atomic E-state index is 0.0350. The van der Waals surface area contributed by atoms with Gasteiger partial charge in [0.05, 0.1) is 38.1 Å². The summed E-state index contributed by atoms with van der Waals surface area (Å²) in [7, 11) is 0. The molecule has 1 aromatic heterocycles. The van der Waals surface area contributed by atoms with E-state index in [4.69, 9.17) is 33.8 Å². The number of carboxylic acid groups (broad SMARTS) is 1. The molecule has 35 heteroatoms. The van der Waals surface area contributed by atoms with Crippen molar-refractivity contribution in [3.05, 3.63) is 108 Å². The Hall–Kier alpha value is -11.1. The number of amides is 13. The van der Waals surface area contributed by atoms with Gasteiger partial charge in [0, 0.05) is 49.5 Å². The maximum atomic E-state index is 14.9. The van der Waals surface area contributed by atoms with Gasteiger partial charge in [-0.05, 0) is 62.3 Å². The fourth-order valence-corrected chi connectivity index (χ4v) is 10.3. The molecule has 24 N–H and O–H groups in total. The van der Waals surface area contributed by atoms with Gasteiger partial charge in [0.1, 0.15) is 60.9 Å². The van der Waals surface area contributed by atoms with Gasteiger partial charge in [-0.25, -0.2) is 0 Å². The number of aliphatic imine (C=N–C) groups is 1. The van der Waals surface area contributed by atoms with E-state index in [1.165, 1.54) is 11.8 Å². The minimum Gasteiger partial charge on any atom is -0.480 e. The lowest BCUT2D eigenvalue weighted by molar-refractivity contribution is -0.140. The molecule has 0 spiro atoms. The van der Waals surface area contributed by atoms with Crippen LogP contribution >= 0.6 is 0 Å². The smallest absolute Gasteiger partial charge is 0.322 e. The van der Waals surface area contributed by atoms with Gasteiger partial charge in [-0.15, -0.1) is 0 Å². The highest BCUT2D eigenvalue weighted by atomic mass is 16.4. The van der Waals surface area contributed by atoms with Crippen LogP contribution in [0.5, 0.6) is 0 Å². The van der Waals surface area contributed by atoms with Gasteiger partial charge in [-0.3, -0.25) is 72.1 Å². The third kappa shape index (κ3) is 24.7. The number of hydrogen-bond donors (Lipinski definition) is 19. The van der Waals surface area contributed by atoms with Crippen LogP contribution in [0.2, 0.25) is 0 Å². The first-order chi connectivity index (χ1) is 46.0. The maximum Gasteiger partial charge on any atom is 0.322 e. The number of carbonyl (C=O) groups excluding carboxylic acids is 13. The number of nitrogens with two attached hydrogens (primary N) is 5. The minimum atomic E-state index is -1.95. The van der Waals surface area contributed by atoms with E-state index >= 15 is 0 Å². The van der Waals surface area contributed by atoms with Crippen LogP contribution in [0.1, 0.15) is 69.1 Å². The Labute approximate surface area is 555 Å². The molecule has 524 valence electrons. The third-order valence-corrected chi connectivity index (χ3v) is 15.2. The number of nitrogens with one attached hydrogen (secondary N) is 11. The maximum absolute atomic E-state index is 14.9. The number of aliphatic hydroxyl groups excluding tert-OH is 2. The van der Waals surface area contributed by atoms with Crippen molar-refractivity contribution in [3.63, 3.8) is 0 Å². The number of guanidine groups is 1. The second-order valence-electron chi connectivity index (χ2n) is 22.9. The number of H-pyrrole nitrogens is 1. The normalized spacial score (nSPS) is 15.6. The Balaban J connectivity index is 1.38.